The molecule has 0 aliphatic heterocycles. The Bertz CT molecular complexity index is 550. The first-order chi connectivity index (χ1) is 10.4. The molecule has 3 heteroatoms. The summed E-state index contributed by atoms with van der Waals surface area (Å²) >= 11 is 0. The van der Waals surface area contributed by atoms with E-state index in [-0.39, 0.29) is 16.5 Å². The van der Waals surface area contributed by atoms with Crippen molar-refractivity contribution in [3.63, 3.8) is 0 Å². The van der Waals surface area contributed by atoms with Crippen LogP contribution in [0.25, 0.3) is 0 Å². The van der Waals surface area contributed by atoms with E-state index in [1.165, 1.54) is 15.9 Å². The molecule has 112 valence electrons. The van der Waals surface area contributed by atoms with Crippen molar-refractivity contribution in [3.8, 4) is 0 Å². The number of rotatable bonds is 3. The predicted molar refractivity (Wildman–Crippen MR) is 90.8 cm³/mol. The molecule has 0 N–H and O–H groups in total. The molecule has 0 unspecified atom stereocenters. The molecule has 1 nitrogen and oxygen atoms in total. The second-order valence-corrected chi connectivity index (χ2v) is 6.56. The summed E-state index contributed by atoms with van der Waals surface area (Å²) in [7, 11) is -0.446. The predicted octanol–water partition coefficient (Wildman–Crippen LogP) is 3.05. The van der Waals surface area contributed by atoms with Crippen molar-refractivity contribution < 1.29 is 21.3 Å². The van der Waals surface area contributed by atoms with E-state index in [4.69, 9.17) is 4.79 Å². The smallest absolute Gasteiger partial charge is 0.281 e. The van der Waals surface area contributed by atoms with E-state index < -0.39 is 7.92 Å². The molecule has 3 aromatic carbocycles. The van der Waals surface area contributed by atoms with Gasteiger partial charge in [-0.25, -0.2) is 0 Å². The Balaban J connectivity index is 0.000000775. The van der Waals surface area contributed by atoms with E-state index in [0.29, 0.717) is 0 Å². The van der Waals surface area contributed by atoms with E-state index in [0.717, 1.165) is 0 Å². The molecule has 0 saturated carbocycles. The Morgan fingerprint density at radius 3 is 0.955 bits per heavy atom. The number of hydrogen-bond acceptors (Lipinski definition) is 1. The van der Waals surface area contributed by atoms with Gasteiger partial charge in [0.15, 0.2) is 0 Å². The third kappa shape index (κ3) is 4.63. The van der Waals surface area contributed by atoms with Crippen LogP contribution in [0.2, 0.25) is 0 Å². The summed E-state index contributed by atoms with van der Waals surface area (Å²) in [5, 5.41) is 4.19. The molecular formula is C19H15NiOP. The quantitative estimate of drug-likeness (QED) is 0.525. The molecule has 0 amide bonds. The summed E-state index contributed by atoms with van der Waals surface area (Å²) in [5.41, 5.74) is 0. The molecule has 3 rings (SSSR count). The van der Waals surface area contributed by atoms with Crippen molar-refractivity contribution in [3.05, 3.63) is 91.0 Å². The van der Waals surface area contributed by atoms with Gasteiger partial charge in [0.05, 0.1) is 0 Å². The van der Waals surface area contributed by atoms with Crippen LogP contribution in [0.3, 0.4) is 0 Å². The zero-order chi connectivity index (χ0) is 14.9. The van der Waals surface area contributed by atoms with Crippen molar-refractivity contribution in [2.45, 2.75) is 0 Å². The molecule has 0 heterocycles. The average molecular weight is 349 g/mol. The molecule has 22 heavy (non-hydrogen) atoms. The summed E-state index contributed by atoms with van der Waals surface area (Å²) in [4.78, 5) is 7.50. The van der Waals surface area contributed by atoms with Crippen molar-refractivity contribution in [1.82, 2.24) is 0 Å². The van der Waals surface area contributed by atoms with Gasteiger partial charge in [-0.15, -0.1) is 0 Å². The van der Waals surface area contributed by atoms with Crippen molar-refractivity contribution in [2.24, 2.45) is 0 Å². The third-order valence-electron chi connectivity index (χ3n) is 3.04. The summed E-state index contributed by atoms with van der Waals surface area (Å²) in [6, 6.07) is 32.3. The standard InChI is InChI=1S/C18H15P.CO.Ni/c1-4-10-16(11-5-1)19(17-12-6-2-7-13-17)18-14-8-3-9-15-18;1-2;/h1-15H;;. The topological polar surface area (TPSA) is 17.1 Å². The Hall–Kier alpha value is -1.75. The number of benzene rings is 3. The van der Waals surface area contributed by atoms with Crippen molar-refractivity contribution >= 4 is 30.6 Å². The summed E-state index contributed by atoms with van der Waals surface area (Å²) in [6.45, 7) is 4.50. The second kappa shape index (κ2) is 10.1. The number of carbonyl (C=O) groups excluding carboxylic acids is 1. The first kappa shape index (κ1) is 18.3. The molecular weight excluding hydrogens is 334 g/mol. The van der Waals surface area contributed by atoms with Crippen LogP contribution in [0, 0.1) is 0 Å². The number of hydrogen-bond donors (Lipinski definition) is 0. The third-order valence-corrected chi connectivity index (χ3v) is 5.49. The summed E-state index contributed by atoms with van der Waals surface area (Å²) in [5.74, 6) is 0. The Morgan fingerprint density at radius 2 is 0.727 bits per heavy atom. The Labute approximate surface area is 143 Å². The molecule has 0 fully saturated rings. The van der Waals surface area contributed by atoms with Gasteiger partial charge in [-0.05, 0) is 23.8 Å². The molecule has 0 aromatic heterocycles. The van der Waals surface area contributed by atoms with Gasteiger partial charge < -0.3 is 0 Å². The van der Waals surface area contributed by atoms with E-state index >= 15 is 0 Å². The van der Waals surface area contributed by atoms with Crippen LogP contribution < -0.4 is 15.9 Å². The minimum absolute atomic E-state index is 0. The minimum Gasteiger partial charge on any atom is -0.281 e. The van der Waals surface area contributed by atoms with Gasteiger partial charge >= 0.3 is 0 Å². The molecule has 0 aliphatic rings. The normalized spacial score (nSPS) is 9.32. The Morgan fingerprint density at radius 1 is 0.500 bits per heavy atom. The van der Waals surface area contributed by atoms with E-state index in [2.05, 4.69) is 97.8 Å². The monoisotopic (exact) mass is 348 g/mol. The van der Waals surface area contributed by atoms with Gasteiger partial charge in [-0.2, -0.15) is 0 Å². The Kier molecular flexibility index (Phi) is 8.37. The second-order valence-electron chi connectivity index (χ2n) is 4.34. The van der Waals surface area contributed by atoms with Crippen LogP contribution in [-0.4, -0.2) is 6.79 Å². The molecule has 0 atom stereocenters. The molecule has 0 aliphatic carbocycles. The largest absolute Gasteiger partial charge is 0.281 e. The van der Waals surface area contributed by atoms with Crippen molar-refractivity contribution in [1.29, 1.82) is 0 Å². The SMILES string of the molecule is [C]=O.[Ni].c1ccc(P(c2ccccc2)c2ccccc2)cc1. The molecule has 0 saturated heterocycles. The maximum atomic E-state index is 7.50. The van der Waals surface area contributed by atoms with Gasteiger partial charge in [0, 0.05) is 16.5 Å². The van der Waals surface area contributed by atoms with Gasteiger partial charge in [-0.3, -0.25) is 4.79 Å². The molecule has 2 radical (unpaired) electrons. The first-order valence-electron chi connectivity index (χ1n) is 6.61. The molecule has 0 bridgehead atoms. The fourth-order valence-corrected chi connectivity index (χ4v) is 4.48. The fraction of sp³-hybridized carbons (Fsp3) is 0. The van der Waals surface area contributed by atoms with E-state index in [1.807, 2.05) is 0 Å². The van der Waals surface area contributed by atoms with Gasteiger partial charge in [-0.1, -0.05) is 91.0 Å². The van der Waals surface area contributed by atoms with E-state index in [9.17, 15) is 0 Å². The van der Waals surface area contributed by atoms with Gasteiger partial charge in [0.25, 0.3) is 6.79 Å². The van der Waals surface area contributed by atoms with Gasteiger partial charge in [0.2, 0.25) is 0 Å². The fourth-order valence-electron chi connectivity index (χ4n) is 2.18. The van der Waals surface area contributed by atoms with Crippen LogP contribution in [0.15, 0.2) is 91.0 Å². The zero-order valence-corrected chi connectivity index (χ0v) is 13.7. The maximum absolute atomic E-state index is 7.50. The van der Waals surface area contributed by atoms with Crippen molar-refractivity contribution in [2.75, 3.05) is 0 Å². The van der Waals surface area contributed by atoms with Crippen LogP contribution in [-0.2, 0) is 21.3 Å². The van der Waals surface area contributed by atoms with E-state index in [1.54, 1.807) is 0 Å². The average Bonchev–Trinajstić information content (AvgIpc) is 2.60. The van der Waals surface area contributed by atoms with Crippen LogP contribution >= 0.6 is 7.92 Å². The molecule has 0 spiro atoms. The minimum atomic E-state index is -0.446. The van der Waals surface area contributed by atoms with Gasteiger partial charge in [0.1, 0.15) is 0 Å². The maximum Gasteiger partial charge on any atom is 0.281 e. The van der Waals surface area contributed by atoms with Crippen LogP contribution in [0.5, 0.6) is 0 Å². The van der Waals surface area contributed by atoms with Crippen LogP contribution in [0.1, 0.15) is 0 Å². The summed E-state index contributed by atoms with van der Waals surface area (Å²) < 4.78 is 0. The first-order valence-corrected chi connectivity index (χ1v) is 7.95. The summed E-state index contributed by atoms with van der Waals surface area (Å²) in [6.07, 6.45) is 0. The van der Waals surface area contributed by atoms with Crippen LogP contribution in [0.4, 0.5) is 0 Å². The molecule has 3 aromatic rings. The zero-order valence-electron chi connectivity index (χ0n) is 11.8.